The minimum Gasteiger partial charge on any atom is -0.483 e. The zero-order chi connectivity index (χ0) is 19.2. The second-order valence-corrected chi connectivity index (χ2v) is 7.67. The number of anilines is 1. The van der Waals surface area contributed by atoms with Gasteiger partial charge in [0.2, 0.25) is 5.91 Å². The molecule has 0 radical (unpaired) electrons. The van der Waals surface area contributed by atoms with E-state index in [1.54, 1.807) is 0 Å². The Kier molecular flexibility index (Phi) is 6.52. The molecule has 0 saturated heterocycles. The summed E-state index contributed by atoms with van der Waals surface area (Å²) in [7, 11) is 1.87. The van der Waals surface area contributed by atoms with Crippen molar-refractivity contribution in [3.63, 3.8) is 0 Å². The standard InChI is InChI=1S/C19H19BrN4O2S/c1-13(26-16-10-8-14(20)9-11-16)18-22-23-19(24(18)2)27-12-17(25)21-15-6-4-3-5-7-15/h3-11,13H,12H2,1-2H3,(H,21,25). The first kappa shape index (κ1) is 19.4. The molecule has 140 valence electrons. The number of hydrogen-bond acceptors (Lipinski definition) is 5. The first-order valence-corrected chi connectivity index (χ1v) is 10.1. The first-order chi connectivity index (χ1) is 13.0. The highest BCUT2D eigenvalue weighted by atomic mass is 79.9. The number of halogens is 1. The maximum absolute atomic E-state index is 12.1. The maximum Gasteiger partial charge on any atom is 0.234 e. The lowest BCUT2D eigenvalue weighted by molar-refractivity contribution is -0.113. The highest BCUT2D eigenvalue weighted by Gasteiger charge is 2.18. The summed E-state index contributed by atoms with van der Waals surface area (Å²) in [6.45, 7) is 1.92. The first-order valence-electron chi connectivity index (χ1n) is 8.32. The predicted molar refractivity (Wildman–Crippen MR) is 110 cm³/mol. The summed E-state index contributed by atoms with van der Waals surface area (Å²) < 4.78 is 8.77. The van der Waals surface area contributed by atoms with Crippen molar-refractivity contribution in [3.05, 3.63) is 64.9 Å². The van der Waals surface area contributed by atoms with E-state index in [0.717, 1.165) is 15.9 Å². The summed E-state index contributed by atoms with van der Waals surface area (Å²) in [6.07, 6.45) is -0.267. The van der Waals surface area contributed by atoms with E-state index in [1.165, 1.54) is 11.8 Å². The summed E-state index contributed by atoms with van der Waals surface area (Å²) in [5.41, 5.74) is 0.776. The number of carbonyl (C=O) groups excluding carboxylic acids is 1. The van der Waals surface area contributed by atoms with Gasteiger partial charge in [0.1, 0.15) is 5.75 Å². The Balaban J connectivity index is 1.57. The smallest absolute Gasteiger partial charge is 0.234 e. The Hall–Kier alpha value is -2.32. The molecule has 0 aliphatic carbocycles. The Morgan fingerprint density at radius 3 is 2.59 bits per heavy atom. The van der Waals surface area contributed by atoms with E-state index < -0.39 is 0 Å². The van der Waals surface area contributed by atoms with Crippen molar-refractivity contribution in [3.8, 4) is 5.75 Å². The third-order valence-corrected chi connectivity index (χ3v) is 5.30. The van der Waals surface area contributed by atoms with Gasteiger partial charge in [-0.25, -0.2) is 0 Å². The molecule has 1 N–H and O–H groups in total. The third-order valence-electron chi connectivity index (χ3n) is 3.75. The number of rotatable bonds is 7. The number of para-hydroxylation sites is 1. The number of hydrogen-bond donors (Lipinski definition) is 1. The molecule has 1 atom stereocenters. The molecule has 0 aliphatic heterocycles. The largest absolute Gasteiger partial charge is 0.483 e. The van der Waals surface area contributed by atoms with Gasteiger partial charge in [-0.05, 0) is 43.3 Å². The maximum atomic E-state index is 12.1. The normalized spacial score (nSPS) is 11.8. The molecule has 3 aromatic rings. The molecular weight excluding hydrogens is 428 g/mol. The molecule has 0 bridgehead atoms. The van der Waals surface area contributed by atoms with E-state index in [1.807, 2.05) is 73.1 Å². The molecule has 1 aromatic heterocycles. The minimum absolute atomic E-state index is 0.0880. The number of carbonyl (C=O) groups is 1. The Morgan fingerprint density at radius 1 is 1.19 bits per heavy atom. The summed E-state index contributed by atoms with van der Waals surface area (Å²) in [5.74, 6) is 1.62. The molecule has 3 rings (SSSR count). The fourth-order valence-corrected chi connectivity index (χ4v) is 3.41. The minimum atomic E-state index is -0.267. The number of thioether (sulfide) groups is 1. The molecule has 6 nitrogen and oxygen atoms in total. The Morgan fingerprint density at radius 2 is 1.89 bits per heavy atom. The Bertz CT molecular complexity index is 900. The zero-order valence-corrected chi connectivity index (χ0v) is 17.3. The monoisotopic (exact) mass is 446 g/mol. The van der Waals surface area contributed by atoms with Crippen LogP contribution in [0, 0.1) is 0 Å². The molecule has 0 fully saturated rings. The summed E-state index contributed by atoms with van der Waals surface area (Å²) >= 11 is 4.74. The lowest BCUT2D eigenvalue weighted by Crippen LogP contribution is -2.14. The number of aromatic nitrogens is 3. The second-order valence-electron chi connectivity index (χ2n) is 5.82. The highest BCUT2D eigenvalue weighted by molar-refractivity contribution is 9.10. The number of amides is 1. The molecule has 8 heteroatoms. The predicted octanol–water partition coefficient (Wildman–Crippen LogP) is 4.45. The van der Waals surface area contributed by atoms with E-state index in [-0.39, 0.29) is 17.8 Å². The zero-order valence-electron chi connectivity index (χ0n) is 14.9. The van der Waals surface area contributed by atoms with Gasteiger partial charge in [-0.15, -0.1) is 10.2 Å². The van der Waals surface area contributed by atoms with Gasteiger partial charge in [0.15, 0.2) is 17.1 Å². The van der Waals surface area contributed by atoms with Crippen LogP contribution in [0.5, 0.6) is 5.75 Å². The molecule has 0 spiro atoms. The topological polar surface area (TPSA) is 69.0 Å². The fourth-order valence-electron chi connectivity index (χ4n) is 2.42. The van der Waals surface area contributed by atoms with Crippen molar-refractivity contribution in [1.82, 2.24) is 14.8 Å². The second kappa shape index (κ2) is 9.05. The SMILES string of the molecule is CC(Oc1ccc(Br)cc1)c1nnc(SCC(=O)Nc2ccccc2)n1C. The highest BCUT2D eigenvalue weighted by Crippen LogP contribution is 2.24. The van der Waals surface area contributed by atoms with Gasteiger partial charge in [-0.1, -0.05) is 45.9 Å². The van der Waals surface area contributed by atoms with E-state index in [9.17, 15) is 4.79 Å². The van der Waals surface area contributed by atoms with Crippen LogP contribution in [0.4, 0.5) is 5.69 Å². The lowest BCUT2D eigenvalue weighted by atomic mass is 10.3. The number of nitrogens with zero attached hydrogens (tertiary/aromatic N) is 3. The van der Waals surface area contributed by atoms with Crippen molar-refractivity contribution < 1.29 is 9.53 Å². The van der Waals surface area contributed by atoms with Gasteiger partial charge in [0.05, 0.1) is 5.75 Å². The van der Waals surface area contributed by atoms with Gasteiger partial charge < -0.3 is 14.6 Å². The summed E-state index contributed by atoms with van der Waals surface area (Å²) in [6, 6.07) is 17.0. The van der Waals surface area contributed by atoms with E-state index in [4.69, 9.17) is 4.74 Å². The number of nitrogens with one attached hydrogen (secondary N) is 1. The van der Waals surface area contributed by atoms with Gasteiger partial charge in [0.25, 0.3) is 0 Å². The fraction of sp³-hybridized carbons (Fsp3) is 0.211. The van der Waals surface area contributed by atoms with Crippen LogP contribution in [0.1, 0.15) is 18.9 Å². The Labute approximate surface area is 170 Å². The molecule has 1 heterocycles. The van der Waals surface area contributed by atoms with Crippen LogP contribution < -0.4 is 10.1 Å². The average Bonchev–Trinajstić information content (AvgIpc) is 3.03. The quantitative estimate of drug-likeness (QED) is 0.542. The van der Waals surface area contributed by atoms with Crippen LogP contribution >= 0.6 is 27.7 Å². The molecule has 1 unspecified atom stereocenters. The van der Waals surface area contributed by atoms with Crippen LogP contribution in [-0.4, -0.2) is 26.4 Å². The number of ether oxygens (including phenoxy) is 1. The van der Waals surface area contributed by atoms with Gasteiger partial charge >= 0.3 is 0 Å². The van der Waals surface area contributed by atoms with Gasteiger partial charge in [-0.3, -0.25) is 4.79 Å². The number of benzene rings is 2. The molecule has 27 heavy (non-hydrogen) atoms. The molecule has 1 amide bonds. The average molecular weight is 447 g/mol. The van der Waals surface area contributed by atoms with Crippen molar-refractivity contribution in [2.45, 2.75) is 18.2 Å². The van der Waals surface area contributed by atoms with Crippen LogP contribution in [0.3, 0.4) is 0 Å². The molecule has 0 saturated carbocycles. The molecular formula is C19H19BrN4O2S. The molecule has 0 aliphatic rings. The summed E-state index contributed by atoms with van der Waals surface area (Å²) in [5, 5.41) is 11.9. The third kappa shape index (κ3) is 5.33. The van der Waals surface area contributed by atoms with Crippen LogP contribution in [0.25, 0.3) is 0 Å². The molecule has 2 aromatic carbocycles. The lowest BCUT2D eigenvalue weighted by Gasteiger charge is -2.14. The van der Waals surface area contributed by atoms with Crippen LogP contribution in [-0.2, 0) is 11.8 Å². The van der Waals surface area contributed by atoms with Crippen molar-refractivity contribution in [2.24, 2.45) is 7.05 Å². The van der Waals surface area contributed by atoms with E-state index in [2.05, 4.69) is 31.4 Å². The van der Waals surface area contributed by atoms with Gasteiger partial charge in [-0.2, -0.15) is 0 Å². The van der Waals surface area contributed by atoms with Crippen molar-refractivity contribution >= 4 is 39.3 Å². The van der Waals surface area contributed by atoms with Crippen molar-refractivity contribution in [1.29, 1.82) is 0 Å². The van der Waals surface area contributed by atoms with Crippen molar-refractivity contribution in [2.75, 3.05) is 11.1 Å². The van der Waals surface area contributed by atoms with E-state index >= 15 is 0 Å². The van der Waals surface area contributed by atoms with Gasteiger partial charge in [0, 0.05) is 17.2 Å². The van der Waals surface area contributed by atoms with Crippen LogP contribution in [0.2, 0.25) is 0 Å². The van der Waals surface area contributed by atoms with E-state index in [0.29, 0.717) is 11.0 Å². The van der Waals surface area contributed by atoms with Crippen LogP contribution in [0.15, 0.2) is 64.2 Å². The summed E-state index contributed by atoms with van der Waals surface area (Å²) in [4.78, 5) is 12.1.